The topological polar surface area (TPSA) is 52.6 Å². The number of nitrogens with zero attached hydrogens (tertiary/aromatic N) is 1. The Bertz CT molecular complexity index is 439. The molecular formula is C17H26N2O2. The van der Waals surface area contributed by atoms with Crippen LogP contribution in [0.5, 0.6) is 5.75 Å². The molecule has 0 spiro atoms. The van der Waals surface area contributed by atoms with Crippen LogP contribution in [0.1, 0.15) is 38.2 Å². The number of carbonyl (C=O) groups excluding carboxylic acids is 1. The highest BCUT2D eigenvalue weighted by Crippen LogP contribution is 2.12. The molecule has 4 heteroatoms. The van der Waals surface area contributed by atoms with Gasteiger partial charge in [0.15, 0.2) is 0 Å². The van der Waals surface area contributed by atoms with Gasteiger partial charge in [0.25, 0.3) is 0 Å². The molecule has 1 saturated heterocycles. The fraction of sp³-hybridized carbons (Fsp3) is 0.588. The maximum atomic E-state index is 12.0. The minimum absolute atomic E-state index is 0.277. The first-order chi connectivity index (χ1) is 10.1. The van der Waals surface area contributed by atoms with Gasteiger partial charge in [-0.3, -0.25) is 4.79 Å². The Balaban J connectivity index is 1.65. The van der Waals surface area contributed by atoms with Gasteiger partial charge in [-0.05, 0) is 50.3 Å². The number of rotatable bonds is 6. The van der Waals surface area contributed by atoms with Crippen LogP contribution in [-0.4, -0.2) is 41.6 Å². The van der Waals surface area contributed by atoms with Gasteiger partial charge in [0.05, 0.1) is 0 Å². The molecule has 1 heterocycles. The third-order valence-electron chi connectivity index (χ3n) is 4.02. The lowest BCUT2D eigenvalue weighted by Crippen LogP contribution is -2.38. The molecule has 1 aliphatic rings. The molecule has 1 aromatic carbocycles. The highest BCUT2D eigenvalue weighted by molar-refractivity contribution is 5.76. The fourth-order valence-corrected chi connectivity index (χ4v) is 2.78. The second-order valence-electron chi connectivity index (χ2n) is 5.92. The normalized spacial score (nSPS) is 16.7. The van der Waals surface area contributed by atoms with Gasteiger partial charge in [0.1, 0.15) is 5.75 Å². The van der Waals surface area contributed by atoms with Crippen LogP contribution in [-0.2, 0) is 11.2 Å². The number of phenolic OH excluding ortho intramolecular Hbond substituents is 1. The summed E-state index contributed by atoms with van der Waals surface area (Å²) in [5.74, 6) is 0.575. The van der Waals surface area contributed by atoms with Crippen LogP contribution in [0.4, 0.5) is 0 Å². The summed E-state index contributed by atoms with van der Waals surface area (Å²) in [6, 6.07) is 7.62. The number of hydrogen-bond acceptors (Lipinski definition) is 3. The third-order valence-corrected chi connectivity index (χ3v) is 4.02. The van der Waals surface area contributed by atoms with Gasteiger partial charge in [-0.15, -0.1) is 0 Å². The number of carbonyl (C=O) groups is 1. The summed E-state index contributed by atoms with van der Waals surface area (Å²) < 4.78 is 0. The number of hydrogen-bond donors (Lipinski definition) is 2. The Morgan fingerprint density at radius 2 is 1.90 bits per heavy atom. The number of phenols is 1. The van der Waals surface area contributed by atoms with Crippen molar-refractivity contribution in [2.75, 3.05) is 19.6 Å². The van der Waals surface area contributed by atoms with Gasteiger partial charge in [0.2, 0.25) is 5.91 Å². The SMILES string of the molecule is CC(Cc1ccc(O)cc1)NCCC(=O)N1CCCCC1. The lowest BCUT2D eigenvalue weighted by Gasteiger charge is -2.27. The molecule has 1 aliphatic heterocycles. The second kappa shape index (κ2) is 8.03. The maximum Gasteiger partial charge on any atom is 0.223 e. The molecular weight excluding hydrogens is 264 g/mol. The molecule has 1 atom stereocenters. The minimum atomic E-state index is 0.277. The summed E-state index contributed by atoms with van der Waals surface area (Å²) in [4.78, 5) is 14.0. The molecule has 0 aliphatic carbocycles. The highest BCUT2D eigenvalue weighted by Gasteiger charge is 2.16. The van der Waals surface area contributed by atoms with E-state index in [1.165, 1.54) is 12.0 Å². The smallest absolute Gasteiger partial charge is 0.223 e. The molecule has 4 nitrogen and oxygen atoms in total. The van der Waals surface area contributed by atoms with E-state index in [0.29, 0.717) is 18.2 Å². The van der Waals surface area contributed by atoms with E-state index in [1.54, 1.807) is 12.1 Å². The number of likely N-dealkylation sites (tertiary alicyclic amines) is 1. The van der Waals surface area contributed by atoms with Gasteiger partial charge in [-0.1, -0.05) is 12.1 Å². The first-order valence-corrected chi connectivity index (χ1v) is 7.94. The molecule has 0 radical (unpaired) electrons. The number of amides is 1. The highest BCUT2D eigenvalue weighted by atomic mass is 16.3. The van der Waals surface area contributed by atoms with Crippen molar-refractivity contribution in [3.63, 3.8) is 0 Å². The molecule has 2 N–H and O–H groups in total. The predicted octanol–water partition coefficient (Wildman–Crippen LogP) is 2.32. The largest absolute Gasteiger partial charge is 0.508 e. The van der Waals surface area contributed by atoms with Crippen molar-refractivity contribution < 1.29 is 9.90 Å². The lowest BCUT2D eigenvalue weighted by atomic mass is 10.1. The molecule has 116 valence electrons. The molecule has 1 fully saturated rings. The van der Waals surface area contributed by atoms with Crippen molar-refractivity contribution in [1.82, 2.24) is 10.2 Å². The number of benzene rings is 1. The molecule has 21 heavy (non-hydrogen) atoms. The summed E-state index contributed by atoms with van der Waals surface area (Å²) in [6.45, 7) is 4.72. The molecule has 1 amide bonds. The van der Waals surface area contributed by atoms with E-state index >= 15 is 0 Å². The molecule has 0 saturated carbocycles. The maximum absolute atomic E-state index is 12.0. The number of nitrogens with one attached hydrogen (secondary N) is 1. The van der Waals surface area contributed by atoms with Crippen LogP contribution in [0.3, 0.4) is 0 Å². The summed E-state index contributed by atoms with van der Waals surface area (Å²) in [5, 5.41) is 12.7. The van der Waals surface area contributed by atoms with Crippen molar-refractivity contribution in [2.24, 2.45) is 0 Å². The molecule has 1 unspecified atom stereocenters. The van der Waals surface area contributed by atoms with Crippen molar-refractivity contribution in [1.29, 1.82) is 0 Å². The summed E-state index contributed by atoms with van der Waals surface area (Å²) in [5.41, 5.74) is 1.19. The molecule has 0 bridgehead atoms. The zero-order valence-corrected chi connectivity index (χ0v) is 12.8. The summed E-state index contributed by atoms with van der Waals surface area (Å²) in [6.07, 6.45) is 5.04. The van der Waals surface area contributed by atoms with E-state index in [9.17, 15) is 9.90 Å². The first kappa shape index (κ1) is 15.8. The number of aromatic hydroxyl groups is 1. The third kappa shape index (κ3) is 5.38. The Kier molecular flexibility index (Phi) is 6.05. The second-order valence-corrected chi connectivity index (χ2v) is 5.92. The van der Waals surface area contributed by atoms with Crippen LogP contribution in [0.2, 0.25) is 0 Å². The summed E-state index contributed by atoms with van der Waals surface area (Å²) >= 11 is 0. The average molecular weight is 290 g/mol. The van der Waals surface area contributed by atoms with E-state index in [2.05, 4.69) is 12.2 Å². The lowest BCUT2D eigenvalue weighted by molar-refractivity contribution is -0.131. The van der Waals surface area contributed by atoms with Crippen LogP contribution in [0.15, 0.2) is 24.3 Å². The van der Waals surface area contributed by atoms with E-state index < -0.39 is 0 Å². The molecule has 2 rings (SSSR count). The Morgan fingerprint density at radius 3 is 2.57 bits per heavy atom. The van der Waals surface area contributed by atoms with E-state index in [4.69, 9.17) is 0 Å². The van der Waals surface area contributed by atoms with Crippen LogP contribution in [0, 0.1) is 0 Å². The predicted molar refractivity (Wildman–Crippen MR) is 84.3 cm³/mol. The Labute approximate surface area is 127 Å². The van der Waals surface area contributed by atoms with Crippen molar-refractivity contribution in [3.8, 4) is 5.75 Å². The number of piperidine rings is 1. The first-order valence-electron chi connectivity index (χ1n) is 7.94. The fourth-order valence-electron chi connectivity index (χ4n) is 2.78. The van der Waals surface area contributed by atoms with Crippen LogP contribution >= 0.6 is 0 Å². The van der Waals surface area contributed by atoms with Gasteiger partial charge in [-0.2, -0.15) is 0 Å². The van der Waals surface area contributed by atoms with Gasteiger partial charge in [-0.25, -0.2) is 0 Å². The minimum Gasteiger partial charge on any atom is -0.508 e. The van der Waals surface area contributed by atoms with Crippen LogP contribution < -0.4 is 5.32 Å². The van der Waals surface area contributed by atoms with Crippen molar-refractivity contribution in [2.45, 2.75) is 45.1 Å². The quantitative estimate of drug-likeness (QED) is 0.845. The van der Waals surface area contributed by atoms with Gasteiger partial charge < -0.3 is 15.3 Å². The molecule has 1 aromatic rings. The van der Waals surface area contributed by atoms with E-state index in [1.807, 2.05) is 17.0 Å². The molecule has 0 aromatic heterocycles. The van der Waals surface area contributed by atoms with Crippen LogP contribution in [0.25, 0.3) is 0 Å². The standard InChI is InChI=1S/C17H26N2O2/c1-14(13-15-5-7-16(20)8-6-15)18-10-9-17(21)19-11-3-2-4-12-19/h5-8,14,18,20H,2-4,9-13H2,1H3. The zero-order chi connectivity index (χ0) is 15.1. The average Bonchev–Trinajstić information content (AvgIpc) is 2.50. The van der Waals surface area contributed by atoms with Crippen molar-refractivity contribution in [3.05, 3.63) is 29.8 Å². The van der Waals surface area contributed by atoms with Gasteiger partial charge in [0, 0.05) is 32.1 Å². The summed E-state index contributed by atoms with van der Waals surface area (Å²) in [7, 11) is 0. The monoisotopic (exact) mass is 290 g/mol. The zero-order valence-electron chi connectivity index (χ0n) is 12.8. The van der Waals surface area contributed by atoms with E-state index in [0.717, 1.165) is 38.9 Å². The van der Waals surface area contributed by atoms with Crippen molar-refractivity contribution >= 4 is 5.91 Å². The Hall–Kier alpha value is -1.55. The van der Waals surface area contributed by atoms with E-state index in [-0.39, 0.29) is 5.91 Å². The van der Waals surface area contributed by atoms with Gasteiger partial charge >= 0.3 is 0 Å². The Morgan fingerprint density at radius 1 is 1.24 bits per heavy atom.